The predicted octanol–water partition coefficient (Wildman–Crippen LogP) is 2.18. The van der Waals surface area contributed by atoms with Gasteiger partial charge in [0.1, 0.15) is 0 Å². The fourth-order valence-electron chi connectivity index (χ4n) is 1.56. The number of rotatable bonds is 0. The van der Waals surface area contributed by atoms with Crippen LogP contribution in [0.1, 0.15) is 33.6 Å². The van der Waals surface area contributed by atoms with E-state index in [1.54, 1.807) is 0 Å². The molecule has 0 amide bonds. The summed E-state index contributed by atoms with van der Waals surface area (Å²) in [6, 6.07) is 0. The molecule has 1 atom stereocenters. The van der Waals surface area contributed by atoms with Gasteiger partial charge in [0.15, 0.2) is 0 Å². The Balaban J connectivity index is 2.46. The van der Waals surface area contributed by atoms with E-state index in [1.165, 1.54) is 19.4 Å². The van der Waals surface area contributed by atoms with E-state index in [9.17, 15) is 0 Å². The minimum atomic E-state index is 0.335. The smallest absolute Gasteiger partial charge is 0.0145 e. The Morgan fingerprint density at radius 1 is 1.36 bits per heavy atom. The van der Waals surface area contributed by atoms with Gasteiger partial charge in [-0.15, -0.1) is 0 Å². The van der Waals surface area contributed by atoms with Gasteiger partial charge in [-0.25, -0.2) is 0 Å². The molecule has 2 heteroatoms. The molecule has 1 heterocycles. The number of hydrogen-bond donors (Lipinski definition) is 1. The van der Waals surface area contributed by atoms with Gasteiger partial charge in [0.2, 0.25) is 0 Å². The third-order valence-electron chi connectivity index (χ3n) is 2.35. The van der Waals surface area contributed by atoms with Crippen molar-refractivity contribution >= 4 is 12.6 Å². The molecular weight excluding hydrogens is 154 g/mol. The van der Waals surface area contributed by atoms with Crippen molar-refractivity contribution in [1.29, 1.82) is 0 Å². The fourth-order valence-corrected chi connectivity index (χ4v) is 1.94. The zero-order valence-corrected chi connectivity index (χ0v) is 8.69. The number of thiol groups is 1. The number of hydrogen-bond acceptors (Lipinski definition) is 2. The van der Waals surface area contributed by atoms with Crippen LogP contribution in [0.2, 0.25) is 0 Å². The van der Waals surface area contributed by atoms with Crippen molar-refractivity contribution < 1.29 is 0 Å². The highest BCUT2D eigenvalue weighted by atomic mass is 32.1. The van der Waals surface area contributed by atoms with Crippen LogP contribution in [0.25, 0.3) is 0 Å². The standard InChI is InChI=1S/C9H19NS/c1-9(2,3)10-6-4-5-8(11)7-10/h8,11H,4-7H2,1-3H3/t8-/m1/s1. The average Bonchev–Trinajstić information content (AvgIpc) is 1.86. The third kappa shape index (κ3) is 2.68. The Morgan fingerprint density at radius 3 is 2.36 bits per heavy atom. The highest BCUT2D eigenvalue weighted by molar-refractivity contribution is 7.81. The first-order valence-electron chi connectivity index (χ1n) is 4.43. The summed E-state index contributed by atoms with van der Waals surface area (Å²) < 4.78 is 0. The molecule has 0 aromatic heterocycles. The van der Waals surface area contributed by atoms with Crippen LogP contribution in [0.3, 0.4) is 0 Å². The van der Waals surface area contributed by atoms with Crippen LogP contribution in [-0.4, -0.2) is 28.8 Å². The minimum Gasteiger partial charge on any atom is -0.297 e. The van der Waals surface area contributed by atoms with Gasteiger partial charge < -0.3 is 0 Å². The minimum absolute atomic E-state index is 0.335. The topological polar surface area (TPSA) is 3.24 Å². The largest absolute Gasteiger partial charge is 0.297 e. The summed E-state index contributed by atoms with van der Waals surface area (Å²) in [5.74, 6) is 0. The lowest BCUT2D eigenvalue weighted by atomic mass is 10.0. The molecular formula is C9H19NS. The SMILES string of the molecule is CC(C)(C)N1CCC[C@@H](S)C1. The highest BCUT2D eigenvalue weighted by Crippen LogP contribution is 2.22. The van der Waals surface area contributed by atoms with Crippen molar-refractivity contribution in [3.63, 3.8) is 0 Å². The maximum Gasteiger partial charge on any atom is 0.0145 e. The average molecular weight is 173 g/mol. The maximum atomic E-state index is 4.51. The Bertz CT molecular complexity index is 128. The lowest BCUT2D eigenvalue weighted by Gasteiger charge is -2.40. The first-order valence-corrected chi connectivity index (χ1v) is 4.95. The summed E-state index contributed by atoms with van der Waals surface area (Å²) in [4.78, 5) is 2.52. The fraction of sp³-hybridized carbons (Fsp3) is 1.00. The van der Waals surface area contributed by atoms with Crippen LogP contribution in [0.15, 0.2) is 0 Å². The molecule has 11 heavy (non-hydrogen) atoms. The lowest BCUT2D eigenvalue weighted by Crippen LogP contribution is -2.47. The molecule has 1 aliphatic rings. The van der Waals surface area contributed by atoms with Gasteiger partial charge in [-0.2, -0.15) is 12.6 Å². The number of nitrogens with zero attached hydrogens (tertiary/aromatic N) is 1. The van der Waals surface area contributed by atoms with Crippen LogP contribution in [-0.2, 0) is 0 Å². The summed E-state index contributed by atoms with van der Waals surface area (Å²) >= 11 is 4.51. The summed E-state index contributed by atoms with van der Waals surface area (Å²) in [7, 11) is 0. The molecule has 0 aromatic carbocycles. The van der Waals surface area contributed by atoms with Crippen molar-refractivity contribution in [2.24, 2.45) is 0 Å². The van der Waals surface area contributed by atoms with Gasteiger partial charge >= 0.3 is 0 Å². The van der Waals surface area contributed by atoms with Gasteiger partial charge in [-0.3, -0.25) is 4.90 Å². The van der Waals surface area contributed by atoms with Crippen LogP contribution in [0.5, 0.6) is 0 Å². The van der Waals surface area contributed by atoms with Crippen LogP contribution >= 0.6 is 12.6 Å². The Labute approximate surface area is 75.6 Å². The van der Waals surface area contributed by atoms with Gasteiger partial charge in [0.05, 0.1) is 0 Å². The van der Waals surface area contributed by atoms with Crippen molar-refractivity contribution in [3.05, 3.63) is 0 Å². The second-order valence-corrected chi connectivity index (χ2v) is 5.14. The molecule has 0 N–H and O–H groups in total. The molecule has 0 unspecified atom stereocenters. The second-order valence-electron chi connectivity index (χ2n) is 4.41. The summed E-state index contributed by atoms with van der Waals surface area (Å²) in [6.45, 7) is 9.24. The molecule has 1 fully saturated rings. The first kappa shape index (κ1) is 9.40. The Kier molecular flexibility index (Phi) is 2.87. The van der Waals surface area contributed by atoms with E-state index in [4.69, 9.17) is 0 Å². The molecule has 0 bridgehead atoms. The summed E-state index contributed by atoms with van der Waals surface area (Å²) in [5, 5.41) is 0.600. The van der Waals surface area contributed by atoms with Crippen molar-refractivity contribution in [2.45, 2.75) is 44.4 Å². The quantitative estimate of drug-likeness (QED) is 0.550. The molecule has 0 saturated carbocycles. The molecule has 0 aromatic rings. The van der Waals surface area contributed by atoms with E-state index in [0.717, 1.165) is 6.54 Å². The number of likely N-dealkylation sites (tertiary alicyclic amines) is 1. The lowest BCUT2D eigenvalue weighted by molar-refractivity contribution is 0.114. The van der Waals surface area contributed by atoms with E-state index in [-0.39, 0.29) is 0 Å². The Morgan fingerprint density at radius 2 is 2.00 bits per heavy atom. The monoisotopic (exact) mass is 173 g/mol. The molecule has 1 nitrogen and oxygen atoms in total. The highest BCUT2D eigenvalue weighted by Gasteiger charge is 2.25. The molecule has 0 radical (unpaired) electrons. The maximum absolute atomic E-state index is 4.51. The molecule has 1 aliphatic heterocycles. The van der Waals surface area contributed by atoms with Crippen LogP contribution in [0.4, 0.5) is 0 Å². The van der Waals surface area contributed by atoms with Crippen LogP contribution < -0.4 is 0 Å². The zero-order chi connectivity index (χ0) is 8.48. The summed E-state index contributed by atoms with van der Waals surface area (Å²) in [6.07, 6.45) is 2.60. The molecule has 0 spiro atoms. The predicted molar refractivity (Wildman–Crippen MR) is 53.3 cm³/mol. The second kappa shape index (κ2) is 3.36. The van der Waals surface area contributed by atoms with E-state index >= 15 is 0 Å². The molecule has 0 aliphatic carbocycles. The normalized spacial score (nSPS) is 28.9. The molecule has 66 valence electrons. The van der Waals surface area contributed by atoms with Gasteiger partial charge in [-0.05, 0) is 40.2 Å². The zero-order valence-electron chi connectivity index (χ0n) is 7.80. The molecule has 1 saturated heterocycles. The first-order chi connectivity index (χ1) is 5.00. The molecule has 1 rings (SSSR count). The van der Waals surface area contributed by atoms with Gasteiger partial charge in [0.25, 0.3) is 0 Å². The Hall–Kier alpha value is 0.310. The van der Waals surface area contributed by atoms with Gasteiger partial charge in [-0.1, -0.05) is 0 Å². The van der Waals surface area contributed by atoms with E-state index < -0.39 is 0 Å². The van der Waals surface area contributed by atoms with E-state index in [0.29, 0.717) is 10.8 Å². The number of piperidine rings is 1. The van der Waals surface area contributed by atoms with E-state index in [2.05, 4.69) is 38.3 Å². The van der Waals surface area contributed by atoms with E-state index in [1.807, 2.05) is 0 Å². The van der Waals surface area contributed by atoms with Crippen molar-refractivity contribution in [3.8, 4) is 0 Å². The summed E-state index contributed by atoms with van der Waals surface area (Å²) in [5.41, 5.74) is 0.335. The van der Waals surface area contributed by atoms with Gasteiger partial charge in [0, 0.05) is 17.3 Å². The van der Waals surface area contributed by atoms with Crippen molar-refractivity contribution in [1.82, 2.24) is 4.90 Å². The van der Waals surface area contributed by atoms with Crippen LogP contribution in [0, 0.1) is 0 Å². The van der Waals surface area contributed by atoms with Crippen molar-refractivity contribution in [2.75, 3.05) is 13.1 Å². The third-order valence-corrected chi connectivity index (χ3v) is 2.77.